The molecule has 0 amide bonds. The molecule has 6 heteroatoms. The van der Waals surface area contributed by atoms with E-state index in [0.29, 0.717) is 0 Å². The van der Waals surface area contributed by atoms with E-state index in [2.05, 4.69) is 4.90 Å². The molecule has 0 unspecified atom stereocenters. The summed E-state index contributed by atoms with van der Waals surface area (Å²) >= 11 is 1.28. The number of nitrogens with zero attached hydrogens (tertiary/aromatic N) is 2. The molecule has 1 fully saturated rings. The van der Waals surface area contributed by atoms with Gasteiger partial charge in [-0.1, -0.05) is 11.3 Å². The molecule has 1 aliphatic rings. The second-order valence-corrected chi connectivity index (χ2v) is 5.94. The van der Waals surface area contributed by atoms with E-state index < -0.39 is 0 Å². The first-order chi connectivity index (χ1) is 8.69. The van der Waals surface area contributed by atoms with Crippen LogP contribution in [0.25, 0.3) is 0 Å². The third-order valence-corrected chi connectivity index (χ3v) is 4.51. The summed E-state index contributed by atoms with van der Waals surface area (Å²) in [7, 11) is 0. The fourth-order valence-corrected chi connectivity index (χ4v) is 3.30. The molecule has 1 aromatic heterocycles. The Labute approximate surface area is 111 Å². The Kier molecular flexibility index (Phi) is 4.68. The number of nitrogens with two attached hydrogens (primary N) is 1. The molecule has 5 nitrogen and oxygen atoms in total. The SMILES string of the molecule is NCCC1CCN(Cc2ccc([N+](=O)[O-])s2)CC1. The average molecular weight is 269 g/mol. The minimum atomic E-state index is -0.318. The largest absolute Gasteiger partial charge is 0.330 e. The summed E-state index contributed by atoms with van der Waals surface area (Å²) in [5.41, 5.74) is 5.57. The number of hydrogen-bond donors (Lipinski definition) is 1. The lowest BCUT2D eigenvalue weighted by Crippen LogP contribution is -2.33. The van der Waals surface area contributed by atoms with Gasteiger partial charge in [0.1, 0.15) is 0 Å². The fraction of sp³-hybridized carbons (Fsp3) is 0.667. The molecule has 0 spiro atoms. The topological polar surface area (TPSA) is 72.4 Å². The first-order valence-corrected chi connectivity index (χ1v) is 7.16. The maximum Gasteiger partial charge on any atom is 0.324 e. The highest BCUT2D eigenvalue weighted by Gasteiger charge is 2.19. The van der Waals surface area contributed by atoms with Crippen LogP contribution >= 0.6 is 11.3 Å². The van der Waals surface area contributed by atoms with Gasteiger partial charge < -0.3 is 5.73 Å². The highest BCUT2D eigenvalue weighted by atomic mass is 32.1. The van der Waals surface area contributed by atoms with Gasteiger partial charge in [-0.25, -0.2) is 0 Å². The van der Waals surface area contributed by atoms with Gasteiger partial charge >= 0.3 is 5.00 Å². The Morgan fingerprint density at radius 2 is 2.17 bits per heavy atom. The minimum absolute atomic E-state index is 0.239. The van der Waals surface area contributed by atoms with Gasteiger partial charge in [0.2, 0.25) is 0 Å². The third-order valence-electron chi connectivity index (χ3n) is 3.49. The minimum Gasteiger partial charge on any atom is -0.330 e. The number of hydrogen-bond acceptors (Lipinski definition) is 5. The highest BCUT2D eigenvalue weighted by Crippen LogP contribution is 2.27. The fourth-order valence-electron chi connectivity index (χ4n) is 2.44. The van der Waals surface area contributed by atoms with Crippen molar-refractivity contribution in [3.05, 3.63) is 27.1 Å². The maximum atomic E-state index is 10.6. The van der Waals surface area contributed by atoms with E-state index in [1.54, 1.807) is 6.07 Å². The molecular weight excluding hydrogens is 250 g/mol. The lowest BCUT2D eigenvalue weighted by Gasteiger charge is -2.31. The first-order valence-electron chi connectivity index (χ1n) is 6.34. The van der Waals surface area contributed by atoms with Gasteiger partial charge in [-0.3, -0.25) is 15.0 Å². The quantitative estimate of drug-likeness (QED) is 0.657. The Morgan fingerprint density at radius 1 is 1.44 bits per heavy atom. The summed E-state index contributed by atoms with van der Waals surface area (Å²) in [6.45, 7) is 3.78. The summed E-state index contributed by atoms with van der Waals surface area (Å²) in [4.78, 5) is 13.8. The molecule has 2 rings (SSSR count). The molecule has 18 heavy (non-hydrogen) atoms. The van der Waals surface area contributed by atoms with Crippen LogP contribution in [-0.4, -0.2) is 29.5 Å². The summed E-state index contributed by atoms with van der Waals surface area (Å²) in [6.07, 6.45) is 3.52. The lowest BCUT2D eigenvalue weighted by atomic mass is 9.94. The van der Waals surface area contributed by atoms with Crippen LogP contribution in [0.15, 0.2) is 12.1 Å². The van der Waals surface area contributed by atoms with Crippen molar-refractivity contribution in [2.24, 2.45) is 11.7 Å². The monoisotopic (exact) mass is 269 g/mol. The van der Waals surface area contributed by atoms with Crippen LogP contribution in [0.3, 0.4) is 0 Å². The normalized spacial score (nSPS) is 18.1. The van der Waals surface area contributed by atoms with Crippen LogP contribution in [0.4, 0.5) is 5.00 Å². The maximum absolute atomic E-state index is 10.6. The summed E-state index contributed by atoms with van der Waals surface area (Å²) in [6, 6.07) is 3.47. The molecule has 0 aromatic carbocycles. The van der Waals surface area contributed by atoms with Crippen molar-refractivity contribution < 1.29 is 4.92 Å². The van der Waals surface area contributed by atoms with E-state index in [4.69, 9.17) is 5.73 Å². The Hall–Kier alpha value is -0.980. The second-order valence-electron chi connectivity index (χ2n) is 4.79. The smallest absolute Gasteiger partial charge is 0.324 e. The molecule has 1 aromatic rings. The van der Waals surface area contributed by atoms with Gasteiger partial charge in [0.15, 0.2) is 0 Å². The molecule has 0 bridgehead atoms. The Morgan fingerprint density at radius 3 is 2.72 bits per heavy atom. The van der Waals surface area contributed by atoms with Crippen molar-refractivity contribution in [2.75, 3.05) is 19.6 Å². The molecule has 100 valence electrons. The van der Waals surface area contributed by atoms with Crippen molar-refractivity contribution in [1.82, 2.24) is 4.90 Å². The van der Waals surface area contributed by atoms with E-state index in [1.807, 2.05) is 6.07 Å². The highest BCUT2D eigenvalue weighted by molar-refractivity contribution is 7.15. The van der Waals surface area contributed by atoms with Crippen LogP contribution in [0.2, 0.25) is 0 Å². The first kappa shape index (κ1) is 13.5. The van der Waals surface area contributed by atoms with E-state index in [0.717, 1.165) is 43.4 Å². The standard InChI is InChI=1S/C12H19N3O2S/c13-6-3-10-4-7-14(8-5-10)9-11-1-2-12(18-11)15(16)17/h1-2,10H,3-9,13H2. The van der Waals surface area contributed by atoms with Crippen molar-refractivity contribution in [1.29, 1.82) is 0 Å². The van der Waals surface area contributed by atoms with Gasteiger partial charge in [-0.05, 0) is 50.9 Å². The molecular formula is C12H19N3O2S. The number of nitro groups is 1. The zero-order chi connectivity index (χ0) is 13.0. The zero-order valence-corrected chi connectivity index (χ0v) is 11.2. The predicted octanol–water partition coefficient (Wildman–Crippen LogP) is 2.22. The van der Waals surface area contributed by atoms with Gasteiger partial charge in [0.25, 0.3) is 0 Å². The zero-order valence-electron chi connectivity index (χ0n) is 10.4. The molecule has 1 aliphatic heterocycles. The number of thiophene rings is 1. The summed E-state index contributed by atoms with van der Waals surface area (Å²) in [5, 5.41) is 10.9. The van der Waals surface area contributed by atoms with Crippen molar-refractivity contribution in [3.8, 4) is 0 Å². The van der Waals surface area contributed by atoms with Crippen LogP contribution in [-0.2, 0) is 6.54 Å². The molecule has 1 saturated heterocycles. The van der Waals surface area contributed by atoms with E-state index >= 15 is 0 Å². The molecule has 0 atom stereocenters. The predicted molar refractivity (Wildman–Crippen MR) is 72.6 cm³/mol. The molecule has 0 saturated carbocycles. The summed E-state index contributed by atoms with van der Waals surface area (Å²) < 4.78 is 0. The molecule has 2 N–H and O–H groups in total. The van der Waals surface area contributed by atoms with E-state index in [-0.39, 0.29) is 9.92 Å². The summed E-state index contributed by atoms with van der Waals surface area (Å²) in [5.74, 6) is 0.768. The van der Waals surface area contributed by atoms with Gasteiger partial charge in [0.05, 0.1) is 4.92 Å². The van der Waals surface area contributed by atoms with E-state index in [1.165, 1.54) is 24.2 Å². The van der Waals surface area contributed by atoms with Crippen molar-refractivity contribution >= 4 is 16.3 Å². The van der Waals surface area contributed by atoms with Crippen LogP contribution in [0, 0.1) is 16.0 Å². The van der Waals surface area contributed by atoms with Gasteiger partial charge in [-0.2, -0.15) is 0 Å². The van der Waals surface area contributed by atoms with Gasteiger partial charge in [-0.15, -0.1) is 0 Å². The van der Waals surface area contributed by atoms with Gasteiger partial charge in [0, 0.05) is 17.5 Å². The number of piperidine rings is 1. The van der Waals surface area contributed by atoms with Crippen LogP contribution < -0.4 is 5.73 Å². The lowest BCUT2D eigenvalue weighted by molar-refractivity contribution is -0.380. The van der Waals surface area contributed by atoms with Crippen molar-refractivity contribution in [2.45, 2.75) is 25.8 Å². The number of rotatable bonds is 5. The molecule has 2 heterocycles. The van der Waals surface area contributed by atoms with E-state index in [9.17, 15) is 10.1 Å². The number of likely N-dealkylation sites (tertiary alicyclic amines) is 1. The van der Waals surface area contributed by atoms with Crippen molar-refractivity contribution in [3.63, 3.8) is 0 Å². The average Bonchev–Trinajstić information content (AvgIpc) is 2.81. The van der Waals surface area contributed by atoms with Crippen LogP contribution in [0.5, 0.6) is 0 Å². The molecule has 0 aliphatic carbocycles. The Bertz CT molecular complexity index is 400. The molecule has 0 radical (unpaired) electrons. The Balaban J connectivity index is 1.82. The van der Waals surface area contributed by atoms with Crippen LogP contribution in [0.1, 0.15) is 24.1 Å². The third kappa shape index (κ3) is 3.51. The second kappa shape index (κ2) is 6.26.